The Balaban J connectivity index is 3.48. The maximum Gasteiger partial charge on any atom is 0.314 e. The van der Waals surface area contributed by atoms with Gasteiger partial charge in [0.2, 0.25) is 5.03 Å². The van der Waals surface area contributed by atoms with Crippen molar-refractivity contribution in [3.05, 3.63) is 22.3 Å². The zero-order valence-corrected chi connectivity index (χ0v) is 8.04. The Morgan fingerprint density at radius 3 is 2.07 bits per heavy atom. The smallest absolute Gasteiger partial charge is 0.314 e. The summed E-state index contributed by atoms with van der Waals surface area (Å²) >= 11 is 0. The molecular formula is C4H5NO7S2. The molecule has 0 amide bonds. The van der Waals surface area contributed by atoms with Crippen molar-refractivity contribution in [3.63, 3.8) is 0 Å². The molecule has 10 heteroatoms. The molecule has 8 nitrogen and oxygen atoms in total. The van der Waals surface area contributed by atoms with Gasteiger partial charge in [0.25, 0.3) is 10.1 Å². The summed E-state index contributed by atoms with van der Waals surface area (Å²) < 4.78 is 59.5. The van der Waals surface area contributed by atoms with Crippen LogP contribution in [0.2, 0.25) is 0 Å². The lowest BCUT2D eigenvalue weighted by Gasteiger charge is -2.12. The lowest BCUT2D eigenvalue weighted by Crippen LogP contribution is -2.25. The van der Waals surface area contributed by atoms with Crippen LogP contribution in [0.1, 0.15) is 0 Å². The zero-order chi connectivity index (χ0) is 11.0. The van der Waals surface area contributed by atoms with Gasteiger partial charge in [-0.25, -0.2) is 5.48 Å². The molecule has 14 heavy (non-hydrogen) atoms. The molecule has 0 unspecified atom stereocenters. The summed E-state index contributed by atoms with van der Waals surface area (Å²) in [6.45, 7) is 0. The van der Waals surface area contributed by atoms with Gasteiger partial charge in [0.1, 0.15) is 11.2 Å². The maximum absolute atomic E-state index is 10.6. The monoisotopic (exact) mass is 243 g/mol. The van der Waals surface area contributed by atoms with Crippen molar-refractivity contribution in [3.8, 4) is 0 Å². The second-order valence-corrected chi connectivity index (χ2v) is 4.91. The highest BCUT2D eigenvalue weighted by atomic mass is 32.2. The first-order valence-electron chi connectivity index (χ1n) is 3.00. The Hall–Kier alpha value is -1.10. The Labute approximate surface area is 79.3 Å². The Morgan fingerprint density at radius 2 is 1.71 bits per heavy atom. The highest BCUT2D eigenvalue weighted by Crippen LogP contribution is 2.18. The lowest BCUT2D eigenvalue weighted by molar-refractivity contribution is 0.165. The van der Waals surface area contributed by atoms with Gasteiger partial charge in [0, 0.05) is 6.08 Å². The second-order valence-electron chi connectivity index (χ2n) is 2.17. The highest BCUT2D eigenvalue weighted by molar-refractivity contribution is 7.93. The topological polar surface area (TPSA) is 130 Å². The van der Waals surface area contributed by atoms with Crippen molar-refractivity contribution in [2.75, 3.05) is 0 Å². The van der Waals surface area contributed by atoms with Crippen LogP contribution in [-0.2, 0) is 25.1 Å². The summed E-state index contributed by atoms with van der Waals surface area (Å²) in [5.74, 6) is 0. The van der Waals surface area contributed by atoms with Crippen molar-refractivity contribution in [1.29, 1.82) is 0 Å². The van der Waals surface area contributed by atoms with Gasteiger partial charge in [-0.2, -0.15) is 16.8 Å². The number of hydrogen-bond acceptors (Lipinski definition) is 6. The minimum absolute atomic E-state index is 0.676. The summed E-state index contributed by atoms with van der Waals surface area (Å²) in [5.41, 5.74) is 1.63. The fourth-order valence-corrected chi connectivity index (χ4v) is 2.30. The van der Waals surface area contributed by atoms with Crippen LogP contribution in [0, 0.1) is 0 Å². The average Bonchev–Trinajstić information content (AvgIpc) is 2.01. The van der Waals surface area contributed by atoms with Crippen molar-refractivity contribution in [2.45, 2.75) is 0 Å². The van der Waals surface area contributed by atoms with Crippen LogP contribution in [0.25, 0.3) is 0 Å². The molecule has 0 aromatic heterocycles. The van der Waals surface area contributed by atoms with Crippen LogP contribution in [0.15, 0.2) is 22.3 Å². The van der Waals surface area contributed by atoms with E-state index in [9.17, 15) is 16.8 Å². The van der Waals surface area contributed by atoms with E-state index in [0.29, 0.717) is 6.08 Å². The van der Waals surface area contributed by atoms with E-state index >= 15 is 0 Å². The quantitative estimate of drug-likeness (QED) is 0.525. The third-order valence-electron chi connectivity index (χ3n) is 1.20. The van der Waals surface area contributed by atoms with Gasteiger partial charge in [-0.3, -0.25) is 9.11 Å². The molecule has 1 rings (SSSR count). The van der Waals surface area contributed by atoms with Gasteiger partial charge in [-0.05, 0) is 0 Å². The third kappa shape index (κ3) is 2.23. The van der Waals surface area contributed by atoms with Crippen molar-refractivity contribution < 1.29 is 30.8 Å². The first-order valence-corrected chi connectivity index (χ1v) is 5.88. The van der Waals surface area contributed by atoms with E-state index in [1.807, 2.05) is 0 Å². The van der Waals surface area contributed by atoms with Gasteiger partial charge in [-0.15, -0.1) is 0 Å². The minimum atomic E-state index is -4.81. The number of rotatable bonds is 2. The van der Waals surface area contributed by atoms with E-state index in [1.54, 1.807) is 5.48 Å². The van der Waals surface area contributed by atoms with Crippen molar-refractivity contribution in [1.82, 2.24) is 5.48 Å². The zero-order valence-electron chi connectivity index (χ0n) is 6.41. The molecule has 0 atom stereocenters. The minimum Gasteiger partial charge on any atom is -0.389 e. The summed E-state index contributed by atoms with van der Waals surface area (Å²) in [6.07, 6.45) is 1.46. The molecule has 0 saturated heterocycles. The second kappa shape index (κ2) is 3.24. The molecule has 1 heterocycles. The normalized spacial score (nSPS) is 17.6. The molecule has 0 radical (unpaired) electrons. The summed E-state index contributed by atoms with van der Waals surface area (Å²) in [6, 6.07) is 0. The summed E-state index contributed by atoms with van der Waals surface area (Å²) in [7, 11) is -9.55. The fourth-order valence-electron chi connectivity index (χ4n) is 0.692. The molecule has 1 aliphatic heterocycles. The largest absolute Gasteiger partial charge is 0.389 e. The third-order valence-corrected chi connectivity index (χ3v) is 3.04. The first-order chi connectivity index (χ1) is 6.23. The molecule has 0 spiro atoms. The molecule has 0 saturated carbocycles. The van der Waals surface area contributed by atoms with Crippen LogP contribution < -0.4 is 5.48 Å². The van der Waals surface area contributed by atoms with E-state index in [4.69, 9.17) is 9.11 Å². The predicted molar refractivity (Wildman–Crippen MR) is 43.5 cm³/mol. The highest BCUT2D eigenvalue weighted by Gasteiger charge is 2.28. The van der Waals surface area contributed by atoms with Crippen molar-refractivity contribution in [2.24, 2.45) is 0 Å². The van der Waals surface area contributed by atoms with E-state index < -0.39 is 30.2 Å². The van der Waals surface area contributed by atoms with Crippen LogP contribution >= 0.6 is 0 Å². The van der Waals surface area contributed by atoms with E-state index in [-0.39, 0.29) is 0 Å². The molecule has 1 aliphatic rings. The molecule has 0 aromatic carbocycles. The van der Waals surface area contributed by atoms with Crippen LogP contribution in [0.4, 0.5) is 0 Å². The van der Waals surface area contributed by atoms with E-state index in [1.165, 1.54) is 0 Å². The van der Waals surface area contributed by atoms with Gasteiger partial charge in [-0.1, -0.05) is 0 Å². The molecule has 80 valence electrons. The molecule has 0 fully saturated rings. The van der Waals surface area contributed by atoms with Crippen LogP contribution in [-0.4, -0.2) is 25.9 Å². The number of nitrogens with one attached hydrogen (secondary N) is 1. The maximum atomic E-state index is 10.6. The van der Waals surface area contributed by atoms with Gasteiger partial charge in [0.05, 0.1) is 0 Å². The standard InChI is InChI=1S/C4H5NO7S2/c6-13(7,8)3-1-2-12-5-4(3)14(9,10)11/h1-2,5H,(H,6,7,8)(H,9,10,11). The number of hydrogen-bond donors (Lipinski definition) is 3. The first kappa shape index (κ1) is 11.0. The number of allylic oxidation sites excluding steroid dienone is 1. The van der Waals surface area contributed by atoms with Gasteiger partial charge in [0.15, 0.2) is 0 Å². The fraction of sp³-hybridized carbons (Fsp3) is 0. The van der Waals surface area contributed by atoms with Gasteiger partial charge >= 0.3 is 10.1 Å². The number of hydroxylamine groups is 1. The van der Waals surface area contributed by atoms with E-state index in [0.717, 1.165) is 6.26 Å². The SMILES string of the molecule is O=S(=O)(O)C1=C(S(=O)(=O)O)NOC=C1. The van der Waals surface area contributed by atoms with Crippen LogP contribution in [0.5, 0.6) is 0 Å². The molecule has 0 bridgehead atoms. The predicted octanol–water partition coefficient (Wildman–Crippen LogP) is -1.02. The van der Waals surface area contributed by atoms with Gasteiger partial charge < -0.3 is 4.84 Å². The van der Waals surface area contributed by atoms with E-state index in [2.05, 4.69) is 4.84 Å². The van der Waals surface area contributed by atoms with Crippen molar-refractivity contribution >= 4 is 20.2 Å². The summed E-state index contributed by atoms with van der Waals surface area (Å²) in [5, 5.41) is -1.14. The Bertz CT molecular complexity index is 496. The lowest BCUT2D eigenvalue weighted by atomic mass is 10.5. The molecule has 3 N–H and O–H groups in total. The van der Waals surface area contributed by atoms with Crippen LogP contribution in [0.3, 0.4) is 0 Å². The molecular weight excluding hydrogens is 238 g/mol. The molecule has 0 aliphatic carbocycles. The average molecular weight is 243 g/mol. The summed E-state index contributed by atoms with van der Waals surface area (Å²) in [4.78, 5) is 3.24. The Morgan fingerprint density at radius 1 is 1.14 bits per heavy atom. The molecule has 0 aromatic rings. The Kier molecular flexibility index (Phi) is 2.54.